The van der Waals surface area contributed by atoms with Gasteiger partial charge in [0.1, 0.15) is 11.6 Å². The summed E-state index contributed by atoms with van der Waals surface area (Å²) in [7, 11) is 1.60. The molecule has 1 fully saturated rings. The minimum atomic E-state index is -4.11. The summed E-state index contributed by atoms with van der Waals surface area (Å²) in [6.07, 6.45) is -2.47. The Morgan fingerprint density at radius 3 is 2.84 bits per heavy atom. The van der Waals surface area contributed by atoms with E-state index in [9.17, 15) is 13.2 Å². The second kappa shape index (κ2) is 5.79. The largest absolute Gasteiger partial charge is 0.497 e. The van der Waals surface area contributed by atoms with Gasteiger partial charge in [-0.25, -0.2) is 4.98 Å². The van der Waals surface area contributed by atoms with E-state index in [1.165, 1.54) is 0 Å². The lowest BCUT2D eigenvalue weighted by Crippen LogP contribution is -2.23. The lowest BCUT2D eigenvalue weighted by atomic mass is 10.1. The van der Waals surface area contributed by atoms with Crippen LogP contribution in [0.25, 0.3) is 16.8 Å². The van der Waals surface area contributed by atoms with E-state index >= 15 is 0 Å². The zero-order valence-corrected chi connectivity index (χ0v) is 13.6. The van der Waals surface area contributed by atoms with Crippen molar-refractivity contribution < 1.29 is 17.9 Å². The first kappa shape index (κ1) is 16.0. The second-order valence-electron chi connectivity index (χ2n) is 6.34. The number of hydrogen-bond acceptors (Lipinski definition) is 4. The van der Waals surface area contributed by atoms with Gasteiger partial charge in [-0.15, -0.1) is 0 Å². The number of hydrogen-bond donors (Lipinski definition) is 0. The van der Waals surface area contributed by atoms with Gasteiger partial charge in [0, 0.05) is 31.8 Å². The smallest absolute Gasteiger partial charge is 0.389 e. The van der Waals surface area contributed by atoms with Crippen LogP contribution in [0.3, 0.4) is 0 Å². The van der Waals surface area contributed by atoms with Crippen molar-refractivity contribution in [3.8, 4) is 5.75 Å². The Balaban J connectivity index is 1.62. The summed E-state index contributed by atoms with van der Waals surface area (Å²) in [6, 6.07) is 7.42. The number of imidazole rings is 1. The number of fused-ring (bicyclic) bond motifs is 3. The van der Waals surface area contributed by atoms with Crippen LogP contribution < -0.4 is 9.64 Å². The summed E-state index contributed by atoms with van der Waals surface area (Å²) in [5, 5.41) is 0. The van der Waals surface area contributed by atoms with Crippen LogP contribution in [0.4, 0.5) is 19.0 Å². The molecule has 0 spiro atoms. The van der Waals surface area contributed by atoms with E-state index in [4.69, 9.17) is 4.74 Å². The van der Waals surface area contributed by atoms with E-state index in [1.807, 2.05) is 39.8 Å². The monoisotopic (exact) mass is 350 g/mol. The van der Waals surface area contributed by atoms with E-state index in [0.29, 0.717) is 36.9 Å². The number of nitrogens with zero attached hydrogens (tertiary/aromatic N) is 4. The Kier molecular flexibility index (Phi) is 3.70. The predicted molar refractivity (Wildman–Crippen MR) is 88.0 cm³/mol. The number of aromatic nitrogens is 3. The molecule has 1 unspecified atom stereocenters. The first-order chi connectivity index (χ1) is 11.9. The van der Waals surface area contributed by atoms with Gasteiger partial charge in [0.25, 0.3) is 0 Å². The minimum Gasteiger partial charge on any atom is -0.497 e. The van der Waals surface area contributed by atoms with E-state index in [2.05, 4.69) is 9.97 Å². The van der Waals surface area contributed by atoms with Crippen molar-refractivity contribution in [2.75, 3.05) is 25.1 Å². The molecule has 0 bridgehead atoms. The van der Waals surface area contributed by atoms with Crippen LogP contribution in [0.2, 0.25) is 0 Å². The summed E-state index contributed by atoms with van der Waals surface area (Å²) >= 11 is 0. The van der Waals surface area contributed by atoms with Gasteiger partial charge >= 0.3 is 6.18 Å². The summed E-state index contributed by atoms with van der Waals surface area (Å²) in [4.78, 5) is 10.9. The van der Waals surface area contributed by atoms with Crippen molar-refractivity contribution in [3.05, 3.63) is 30.5 Å². The molecule has 0 amide bonds. The Morgan fingerprint density at radius 2 is 2.08 bits per heavy atom. The predicted octanol–water partition coefficient (Wildman–Crippen LogP) is 3.67. The Bertz CT molecular complexity index is 921. The molecule has 5 nitrogen and oxygen atoms in total. The van der Waals surface area contributed by atoms with Crippen molar-refractivity contribution >= 4 is 22.6 Å². The molecule has 0 saturated carbocycles. The Labute approximate surface area is 142 Å². The molecule has 3 aromatic rings. The van der Waals surface area contributed by atoms with Gasteiger partial charge in [0.05, 0.1) is 18.1 Å². The van der Waals surface area contributed by atoms with E-state index < -0.39 is 12.6 Å². The van der Waals surface area contributed by atoms with E-state index in [-0.39, 0.29) is 5.92 Å². The summed E-state index contributed by atoms with van der Waals surface area (Å²) in [6.45, 7) is 0.953. The van der Waals surface area contributed by atoms with Crippen LogP contribution in [0, 0.1) is 5.92 Å². The number of benzene rings is 1. The SMILES string of the molecule is COc1ccc2c(c1)nc1nc(N3CCC(CC(F)(F)F)C3)ccn12. The van der Waals surface area contributed by atoms with Crippen molar-refractivity contribution in [2.45, 2.75) is 19.0 Å². The molecule has 1 saturated heterocycles. The average molecular weight is 350 g/mol. The van der Waals surface area contributed by atoms with Gasteiger partial charge in [-0.3, -0.25) is 4.40 Å². The highest BCUT2D eigenvalue weighted by atomic mass is 19.4. The zero-order chi connectivity index (χ0) is 17.6. The molecular weight excluding hydrogens is 333 g/mol. The van der Waals surface area contributed by atoms with Crippen LogP contribution in [0.15, 0.2) is 30.5 Å². The fourth-order valence-electron chi connectivity index (χ4n) is 3.41. The van der Waals surface area contributed by atoms with Crippen molar-refractivity contribution in [3.63, 3.8) is 0 Å². The van der Waals surface area contributed by atoms with Gasteiger partial charge in [-0.1, -0.05) is 0 Å². The first-order valence-electron chi connectivity index (χ1n) is 8.07. The maximum absolute atomic E-state index is 12.6. The number of methoxy groups -OCH3 is 1. The van der Waals surface area contributed by atoms with Crippen LogP contribution in [-0.4, -0.2) is 40.7 Å². The fraction of sp³-hybridized carbons (Fsp3) is 0.412. The summed E-state index contributed by atoms with van der Waals surface area (Å²) in [5.41, 5.74) is 1.67. The third-order valence-electron chi connectivity index (χ3n) is 4.60. The molecule has 0 N–H and O–H groups in total. The lowest BCUT2D eigenvalue weighted by molar-refractivity contribution is -0.142. The zero-order valence-electron chi connectivity index (χ0n) is 13.6. The number of rotatable bonds is 3. The van der Waals surface area contributed by atoms with Crippen LogP contribution in [0.5, 0.6) is 5.75 Å². The van der Waals surface area contributed by atoms with Gasteiger partial charge in [0.15, 0.2) is 0 Å². The molecule has 1 aliphatic rings. The molecule has 1 aromatic carbocycles. The van der Waals surface area contributed by atoms with Crippen LogP contribution in [-0.2, 0) is 0 Å². The third-order valence-corrected chi connectivity index (χ3v) is 4.60. The Hall–Kier alpha value is -2.51. The topological polar surface area (TPSA) is 42.7 Å². The molecule has 4 rings (SSSR count). The molecule has 1 aliphatic heterocycles. The van der Waals surface area contributed by atoms with E-state index in [1.54, 1.807) is 7.11 Å². The summed E-state index contributed by atoms with van der Waals surface area (Å²) < 4.78 is 44.8. The van der Waals surface area contributed by atoms with Gasteiger partial charge in [0.2, 0.25) is 5.78 Å². The molecule has 8 heteroatoms. The highest BCUT2D eigenvalue weighted by Gasteiger charge is 2.35. The number of halogens is 3. The molecule has 1 atom stereocenters. The third kappa shape index (κ3) is 3.08. The number of ether oxygens (including phenoxy) is 1. The molecule has 25 heavy (non-hydrogen) atoms. The van der Waals surface area contributed by atoms with Crippen molar-refractivity contribution in [1.82, 2.24) is 14.4 Å². The average Bonchev–Trinajstić information content (AvgIpc) is 3.15. The first-order valence-corrected chi connectivity index (χ1v) is 8.07. The highest BCUT2D eigenvalue weighted by molar-refractivity contribution is 5.81. The van der Waals surface area contributed by atoms with Crippen LogP contribution in [0.1, 0.15) is 12.8 Å². The molecule has 0 radical (unpaired) electrons. The minimum absolute atomic E-state index is 0.372. The fourth-order valence-corrected chi connectivity index (χ4v) is 3.41. The molecule has 3 heterocycles. The van der Waals surface area contributed by atoms with Gasteiger partial charge in [-0.2, -0.15) is 18.2 Å². The Morgan fingerprint density at radius 1 is 1.24 bits per heavy atom. The molecule has 2 aromatic heterocycles. The lowest BCUT2D eigenvalue weighted by Gasteiger charge is -2.18. The van der Waals surface area contributed by atoms with E-state index in [0.717, 1.165) is 11.0 Å². The van der Waals surface area contributed by atoms with Crippen molar-refractivity contribution in [1.29, 1.82) is 0 Å². The summed E-state index contributed by atoms with van der Waals surface area (Å²) in [5.74, 6) is 1.53. The number of anilines is 1. The number of alkyl halides is 3. The quantitative estimate of drug-likeness (QED) is 0.723. The van der Waals surface area contributed by atoms with Gasteiger partial charge in [-0.05, 0) is 30.5 Å². The maximum atomic E-state index is 12.6. The second-order valence-corrected chi connectivity index (χ2v) is 6.34. The molecule has 132 valence electrons. The van der Waals surface area contributed by atoms with Crippen molar-refractivity contribution in [2.24, 2.45) is 5.92 Å². The van der Waals surface area contributed by atoms with Crippen LogP contribution >= 0.6 is 0 Å². The molecular formula is C17H17F3N4O. The maximum Gasteiger partial charge on any atom is 0.389 e. The highest BCUT2D eigenvalue weighted by Crippen LogP contribution is 2.32. The normalized spacial score (nSPS) is 18.4. The standard InChI is InChI=1S/C17H17F3N4O/c1-25-12-2-3-14-13(8-12)21-16-22-15(5-7-24(14)16)23-6-4-11(10-23)9-17(18,19)20/h2-3,5,7-8,11H,4,6,9-10H2,1H3. The van der Waals surface area contributed by atoms with Gasteiger partial charge < -0.3 is 9.64 Å². The molecule has 0 aliphatic carbocycles.